The lowest BCUT2D eigenvalue weighted by Gasteiger charge is -2.18. The Morgan fingerprint density at radius 1 is 1.08 bits per heavy atom. The van der Waals surface area contributed by atoms with E-state index in [2.05, 4.69) is 20.3 Å². The number of rotatable bonds is 4. The van der Waals surface area contributed by atoms with Gasteiger partial charge in [0.1, 0.15) is 17.5 Å². The van der Waals surface area contributed by atoms with Crippen molar-refractivity contribution < 1.29 is 17.6 Å². The van der Waals surface area contributed by atoms with Gasteiger partial charge in [0, 0.05) is 17.0 Å². The summed E-state index contributed by atoms with van der Waals surface area (Å²) in [5.74, 6) is -0.988. The van der Waals surface area contributed by atoms with Gasteiger partial charge in [-0.3, -0.25) is 0 Å². The minimum absolute atomic E-state index is 0.0664. The van der Waals surface area contributed by atoms with E-state index in [-0.39, 0.29) is 11.4 Å². The van der Waals surface area contributed by atoms with Crippen LogP contribution in [-0.2, 0) is 0 Å². The van der Waals surface area contributed by atoms with E-state index in [1.54, 1.807) is 13.8 Å². The zero-order valence-electron chi connectivity index (χ0n) is 13.4. The highest BCUT2D eigenvalue weighted by atomic mass is 19.3. The summed E-state index contributed by atoms with van der Waals surface area (Å²) in [5.41, 5.74) is -0.174. The number of hydrogen-bond donors (Lipinski definition) is 1. The van der Waals surface area contributed by atoms with Crippen LogP contribution in [0.1, 0.15) is 36.3 Å². The largest absolute Gasteiger partial charge is 0.363 e. The Labute approximate surface area is 141 Å². The van der Waals surface area contributed by atoms with Crippen LogP contribution in [0.5, 0.6) is 0 Å². The third-order valence-corrected chi connectivity index (χ3v) is 3.77. The molecule has 1 aromatic carbocycles. The van der Waals surface area contributed by atoms with Crippen molar-refractivity contribution in [2.75, 3.05) is 5.32 Å². The predicted octanol–water partition coefficient (Wildman–Crippen LogP) is 4.72. The van der Waals surface area contributed by atoms with Crippen molar-refractivity contribution in [2.24, 2.45) is 0 Å². The molecule has 0 saturated heterocycles. The van der Waals surface area contributed by atoms with E-state index in [4.69, 9.17) is 0 Å². The van der Waals surface area contributed by atoms with Crippen LogP contribution in [0.4, 0.5) is 23.4 Å². The molecule has 1 N–H and O–H groups in total. The smallest absolute Gasteiger partial charge is 0.266 e. The van der Waals surface area contributed by atoms with Crippen LogP contribution in [0.3, 0.4) is 0 Å². The van der Waals surface area contributed by atoms with Gasteiger partial charge in [0.05, 0.1) is 23.3 Å². The lowest BCUT2D eigenvalue weighted by molar-refractivity contribution is 0.146. The zero-order chi connectivity index (χ0) is 18.1. The topological polar surface area (TPSA) is 50.7 Å². The first kappa shape index (κ1) is 17.1. The van der Waals surface area contributed by atoms with E-state index in [0.29, 0.717) is 16.7 Å². The zero-order valence-corrected chi connectivity index (χ0v) is 13.4. The van der Waals surface area contributed by atoms with Gasteiger partial charge in [-0.2, -0.15) is 4.39 Å². The quantitative estimate of drug-likeness (QED) is 0.546. The highest BCUT2D eigenvalue weighted by molar-refractivity contribution is 5.88. The number of nitrogens with zero attached hydrogens (tertiary/aromatic N) is 3. The summed E-state index contributed by atoms with van der Waals surface area (Å²) in [7, 11) is 0. The highest BCUT2D eigenvalue weighted by Gasteiger charge is 2.20. The number of aryl methyl sites for hydroxylation is 1. The summed E-state index contributed by atoms with van der Waals surface area (Å²) in [6.45, 7) is 3.26. The van der Waals surface area contributed by atoms with E-state index < -0.39 is 29.8 Å². The number of nitrogens with one attached hydrogen (secondary N) is 1. The second-order valence-electron chi connectivity index (χ2n) is 5.56. The summed E-state index contributed by atoms with van der Waals surface area (Å²) in [6.07, 6.45) is -1.64. The van der Waals surface area contributed by atoms with Gasteiger partial charge in [-0.15, -0.1) is 0 Å². The van der Waals surface area contributed by atoms with Crippen LogP contribution in [0, 0.1) is 18.7 Å². The van der Waals surface area contributed by atoms with Crippen LogP contribution < -0.4 is 5.32 Å². The Morgan fingerprint density at radius 3 is 2.52 bits per heavy atom. The van der Waals surface area contributed by atoms with Crippen molar-refractivity contribution in [2.45, 2.75) is 26.3 Å². The Kier molecular flexibility index (Phi) is 4.52. The number of hydrogen-bond acceptors (Lipinski definition) is 4. The first-order chi connectivity index (χ1) is 11.9. The van der Waals surface area contributed by atoms with Crippen molar-refractivity contribution in [1.82, 2.24) is 15.0 Å². The molecule has 0 aliphatic heterocycles. The second-order valence-corrected chi connectivity index (χ2v) is 5.56. The number of benzene rings is 1. The molecule has 4 nitrogen and oxygen atoms in total. The molecule has 0 aliphatic rings. The number of anilines is 1. The number of aromatic nitrogens is 3. The van der Waals surface area contributed by atoms with Gasteiger partial charge in [-0.05, 0) is 13.8 Å². The van der Waals surface area contributed by atoms with Gasteiger partial charge in [0.25, 0.3) is 6.43 Å². The van der Waals surface area contributed by atoms with Gasteiger partial charge in [0.15, 0.2) is 0 Å². The molecule has 130 valence electrons. The minimum atomic E-state index is -2.91. The number of pyridine rings is 1. The molecule has 0 spiro atoms. The third-order valence-electron chi connectivity index (χ3n) is 3.77. The molecule has 2 aromatic heterocycles. The van der Waals surface area contributed by atoms with Gasteiger partial charge < -0.3 is 5.32 Å². The first-order valence-electron chi connectivity index (χ1n) is 7.49. The average molecular weight is 350 g/mol. The molecule has 1 unspecified atom stereocenters. The van der Waals surface area contributed by atoms with Gasteiger partial charge in [-0.25, -0.2) is 28.1 Å². The number of fused-ring (bicyclic) bond motifs is 1. The van der Waals surface area contributed by atoms with Gasteiger partial charge in [0.2, 0.25) is 5.95 Å². The van der Waals surface area contributed by atoms with Gasteiger partial charge in [-0.1, -0.05) is 18.2 Å². The second kappa shape index (κ2) is 6.62. The molecular weight excluding hydrogens is 336 g/mol. The molecule has 25 heavy (non-hydrogen) atoms. The summed E-state index contributed by atoms with van der Waals surface area (Å²) in [5, 5.41) is 3.32. The van der Waals surface area contributed by atoms with Crippen molar-refractivity contribution in [3.8, 4) is 0 Å². The number of halogens is 4. The summed E-state index contributed by atoms with van der Waals surface area (Å²) >= 11 is 0. The molecule has 8 heteroatoms. The molecule has 0 amide bonds. The Hall–Kier alpha value is -2.77. The number of alkyl halides is 2. The highest BCUT2D eigenvalue weighted by Crippen LogP contribution is 2.30. The molecule has 0 radical (unpaired) electrons. The average Bonchev–Trinajstić information content (AvgIpc) is 2.55. The van der Waals surface area contributed by atoms with E-state index >= 15 is 0 Å². The van der Waals surface area contributed by atoms with Crippen LogP contribution in [0.15, 0.2) is 30.5 Å². The molecule has 1 atom stereocenters. The van der Waals surface area contributed by atoms with Gasteiger partial charge >= 0.3 is 0 Å². The Morgan fingerprint density at radius 2 is 1.80 bits per heavy atom. The van der Waals surface area contributed by atoms with Crippen molar-refractivity contribution in [1.29, 1.82) is 0 Å². The lowest BCUT2D eigenvalue weighted by Crippen LogP contribution is -2.12. The molecule has 0 bridgehead atoms. The maximum Gasteiger partial charge on any atom is 0.266 e. The van der Waals surface area contributed by atoms with Crippen LogP contribution in [0.25, 0.3) is 10.9 Å². The Balaban J connectivity index is 2.02. The standard InChI is InChI=1S/C17H14F4N4/c1-8(10-4-3-5-11(15(10)19)16(20)21)23-17-12-6-14(18)22-7-13(12)24-9(2)25-17/h3-8,16H,1-2H3,(H,23,24,25). The van der Waals surface area contributed by atoms with Crippen molar-refractivity contribution >= 4 is 16.7 Å². The minimum Gasteiger partial charge on any atom is -0.363 e. The predicted molar refractivity (Wildman–Crippen MR) is 85.4 cm³/mol. The van der Waals surface area contributed by atoms with E-state index in [1.807, 2.05) is 0 Å². The fourth-order valence-corrected chi connectivity index (χ4v) is 2.59. The molecule has 3 aromatic rings. The fourth-order valence-electron chi connectivity index (χ4n) is 2.59. The van der Waals surface area contributed by atoms with Crippen LogP contribution >= 0.6 is 0 Å². The lowest BCUT2D eigenvalue weighted by atomic mass is 10.0. The molecule has 0 aliphatic carbocycles. The SMILES string of the molecule is Cc1nc(NC(C)c2cccc(C(F)F)c2F)c2cc(F)ncc2n1. The molecule has 3 rings (SSSR count). The van der Waals surface area contributed by atoms with E-state index in [1.165, 1.54) is 18.3 Å². The summed E-state index contributed by atoms with van der Waals surface area (Å²) < 4.78 is 53.5. The van der Waals surface area contributed by atoms with Crippen molar-refractivity contribution in [3.05, 3.63) is 59.2 Å². The van der Waals surface area contributed by atoms with Crippen LogP contribution in [-0.4, -0.2) is 15.0 Å². The van der Waals surface area contributed by atoms with E-state index in [0.717, 1.165) is 12.1 Å². The molecule has 2 heterocycles. The van der Waals surface area contributed by atoms with Crippen LogP contribution in [0.2, 0.25) is 0 Å². The monoisotopic (exact) mass is 350 g/mol. The molecule has 0 saturated carbocycles. The summed E-state index contributed by atoms with van der Waals surface area (Å²) in [6, 6.07) is 4.31. The maximum absolute atomic E-state index is 14.3. The molecular formula is C17H14F4N4. The van der Waals surface area contributed by atoms with Crippen molar-refractivity contribution in [3.63, 3.8) is 0 Å². The summed E-state index contributed by atoms with van der Waals surface area (Å²) in [4.78, 5) is 11.9. The van der Waals surface area contributed by atoms with E-state index in [9.17, 15) is 17.6 Å². The normalized spacial score (nSPS) is 12.6. The maximum atomic E-state index is 14.3. The molecule has 0 fully saturated rings. The fraction of sp³-hybridized carbons (Fsp3) is 0.235. The third kappa shape index (κ3) is 3.38. The Bertz CT molecular complexity index is 930. The first-order valence-corrected chi connectivity index (χ1v) is 7.49.